The molecule has 6 heteroatoms. The summed E-state index contributed by atoms with van der Waals surface area (Å²) >= 11 is 0. The lowest BCUT2D eigenvalue weighted by Crippen LogP contribution is -2.24. The third kappa shape index (κ3) is 2.73. The Labute approximate surface area is 146 Å². The summed E-state index contributed by atoms with van der Waals surface area (Å²) in [6.07, 6.45) is 4.20. The maximum absolute atomic E-state index is 12.2. The van der Waals surface area contributed by atoms with Crippen LogP contribution in [0.1, 0.15) is 25.2 Å². The smallest absolute Gasteiger partial charge is 0.224 e. The van der Waals surface area contributed by atoms with Gasteiger partial charge in [-0.25, -0.2) is 9.97 Å². The number of hydrogen-bond acceptors (Lipinski definition) is 3. The van der Waals surface area contributed by atoms with Gasteiger partial charge in [-0.2, -0.15) is 0 Å². The molecule has 1 amide bonds. The van der Waals surface area contributed by atoms with Crippen molar-refractivity contribution in [2.75, 3.05) is 13.1 Å². The molecule has 1 atom stereocenters. The Morgan fingerprint density at radius 3 is 2.68 bits per heavy atom. The average Bonchev–Trinajstić information content (AvgIpc) is 3.33. The van der Waals surface area contributed by atoms with Crippen molar-refractivity contribution in [1.82, 2.24) is 24.4 Å². The summed E-state index contributed by atoms with van der Waals surface area (Å²) < 4.78 is 2.13. The van der Waals surface area contributed by atoms with E-state index in [9.17, 15) is 4.79 Å². The molecule has 0 unspecified atom stereocenters. The molecule has 1 saturated heterocycles. The number of benzene rings is 1. The summed E-state index contributed by atoms with van der Waals surface area (Å²) in [7, 11) is 0. The predicted molar refractivity (Wildman–Crippen MR) is 95.9 cm³/mol. The highest BCUT2D eigenvalue weighted by Gasteiger charge is 2.32. The van der Waals surface area contributed by atoms with Gasteiger partial charge in [-0.3, -0.25) is 4.79 Å². The van der Waals surface area contributed by atoms with E-state index in [1.165, 1.54) is 0 Å². The second-order valence-electron chi connectivity index (χ2n) is 6.39. The molecule has 0 aliphatic carbocycles. The molecule has 3 aromatic rings. The molecule has 2 aromatic heterocycles. The number of likely N-dealkylation sites (N-methyl/N-ethyl adjacent to an activating group) is 1. The van der Waals surface area contributed by atoms with Crippen molar-refractivity contribution in [3.05, 3.63) is 48.7 Å². The van der Waals surface area contributed by atoms with Crippen molar-refractivity contribution in [1.29, 1.82) is 0 Å². The molecule has 1 aromatic carbocycles. The lowest BCUT2D eigenvalue weighted by molar-refractivity contribution is -0.127. The number of aromatic amines is 1. The summed E-state index contributed by atoms with van der Waals surface area (Å²) in [6.45, 7) is 5.42. The summed E-state index contributed by atoms with van der Waals surface area (Å²) in [6, 6.07) is 10.2. The second-order valence-corrected chi connectivity index (χ2v) is 6.39. The topological polar surface area (TPSA) is 66.8 Å². The van der Waals surface area contributed by atoms with Gasteiger partial charge in [-0.05, 0) is 13.8 Å². The maximum Gasteiger partial charge on any atom is 0.224 e. The first-order valence-corrected chi connectivity index (χ1v) is 8.59. The minimum Gasteiger partial charge on any atom is -0.341 e. The third-order valence-electron chi connectivity index (χ3n) is 4.77. The van der Waals surface area contributed by atoms with Gasteiger partial charge in [-0.1, -0.05) is 30.3 Å². The summed E-state index contributed by atoms with van der Waals surface area (Å²) in [5, 5.41) is 0. The molecule has 0 bridgehead atoms. The van der Waals surface area contributed by atoms with Gasteiger partial charge in [0, 0.05) is 25.1 Å². The van der Waals surface area contributed by atoms with Crippen molar-refractivity contribution >= 4 is 5.91 Å². The number of imidazole rings is 2. The number of nitrogens with zero attached hydrogens (tertiary/aromatic N) is 4. The molecule has 25 heavy (non-hydrogen) atoms. The zero-order chi connectivity index (χ0) is 17.4. The molecule has 1 aliphatic heterocycles. The van der Waals surface area contributed by atoms with Crippen LogP contribution in [0.2, 0.25) is 0 Å². The quantitative estimate of drug-likeness (QED) is 0.797. The number of carbonyl (C=O) groups is 1. The van der Waals surface area contributed by atoms with Crippen LogP contribution in [-0.4, -0.2) is 43.4 Å². The number of likely N-dealkylation sites (tertiary alicyclic amines) is 1. The number of carbonyl (C=O) groups excluding carboxylic acids is 1. The fraction of sp³-hybridized carbons (Fsp3) is 0.316. The molecule has 0 saturated carbocycles. The third-order valence-corrected chi connectivity index (χ3v) is 4.77. The van der Waals surface area contributed by atoms with E-state index >= 15 is 0 Å². The molecule has 1 N–H and O–H groups in total. The Morgan fingerprint density at radius 2 is 2.04 bits per heavy atom. The van der Waals surface area contributed by atoms with Crippen molar-refractivity contribution in [3.8, 4) is 22.6 Å². The monoisotopic (exact) mass is 335 g/mol. The van der Waals surface area contributed by atoms with E-state index in [-0.39, 0.29) is 11.9 Å². The van der Waals surface area contributed by atoms with Gasteiger partial charge in [0.1, 0.15) is 5.82 Å². The highest BCUT2D eigenvalue weighted by molar-refractivity contribution is 5.80. The number of hydrogen-bond donors (Lipinski definition) is 1. The van der Waals surface area contributed by atoms with Gasteiger partial charge in [-0.15, -0.1) is 0 Å². The predicted octanol–water partition coefficient (Wildman–Crippen LogP) is 3.04. The fourth-order valence-corrected chi connectivity index (χ4v) is 3.50. The van der Waals surface area contributed by atoms with Gasteiger partial charge in [0.15, 0.2) is 0 Å². The molecule has 0 spiro atoms. The standard InChI is InChI=1S/C19H21N5O/c1-3-23-11-15(9-17(23)25)24-12-21-18(14-7-5-4-6-8-14)19(24)16-10-20-13(2)22-16/h4-8,10,12,15H,3,9,11H2,1-2H3,(H,20,22)/t15-/m1/s1. The first kappa shape index (κ1) is 15.6. The van der Waals surface area contributed by atoms with Crippen LogP contribution in [-0.2, 0) is 4.79 Å². The molecule has 3 heterocycles. The number of rotatable bonds is 4. The van der Waals surface area contributed by atoms with Crippen LogP contribution >= 0.6 is 0 Å². The van der Waals surface area contributed by atoms with Gasteiger partial charge in [0.05, 0.1) is 35.6 Å². The molecular formula is C19H21N5O. The Balaban J connectivity index is 1.83. The van der Waals surface area contributed by atoms with Crippen LogP contribution < -0.4 is 0 Å². The number of nitrogens with one attached hydrogen (secondary N) is 1. The van der Waals surface area contributed by atoms with Gasteiger partial charge >= 0.3 is 0 Å². The molecule has 6 nitrogen and oxygen atoms in total. The van der Waals surface area contributed by atoms with Crippen molar-refractivity contribution in [2.45, 2.75) is 26.3 Å². The molecule has 1 aliphatic rings. The Hall–Kier alpha value is -2.89. The highest BCUT2D eigenvalue weighted by Crippen LogP contribution is 2.35. The van der Waals surface area contributed by atoms with Crippen LogP contribution in [0, 0.1) is 6.92 Å². The van der Waals surface area contributed by atoms with Crippen molar-refractivity contribution < 1.29 is 4.79 Å². The van der Waals surface area contributed by atoms with Crippen LogP contribution in [0.3, 0.4) is 0 Å². The first-order chi connectivity index (χ1) is 12.2. The molecule has 128 valence electrons. The Kier molecular flexibility index (Phi) is 3.87. The molecule has 1 fully saturated rings. The average molecular weight is 335 g/mol. The van der Waals surface area contributed by atoms with E-state index in [0.717, 1.165) is 41.6 Å². The first-order valence-electron chi connectivity index (χ1n) is 8.59. The zero-order valence-corrected chi connectivity index (χ0v) is 14.4. The Morgan fingerprint density at radius 1 is 1.24 bits per heavy atom. The van der Waals surface area contributed by atoms with E-state index in [2.05, 4.69) is 31.7 Å². The summed E-state index contributed by atoms with van der Waals surface area (Å²) in [5.41, 5.74) is 3.88. The SMILES string of the molecule is CCN1C[C@H](n2cnc(-c3ccccc3)c2-c2cnc(C)[nH]2)CC1=O. The van der Waals surface area contributed by atoms with Gasteiger partial charge in [0.2, 0.25) is 5.91 Å². The van der Waals surface area contributed by atoms with Gasteiger partial charge in [0.25, 0.3) is 0 Å². The van der Waals surface area contributed by atoms with E-state index < -0.39 is 0 Å². The summed E-state index contributed by atoms with van der Waals surface area (Å²) in [5.74, 6) is 1.06. The number of amides is 1. The lowest BCUT2D eigenvalue weighted by Gasteiger charge is -2.17. The molecule has 0 radical (unpaired) electrons. The van der Waals surface area contributed by atoms with Crippen LogP contribution in [0.25, 0.3) is 22.6 Å². The number of H-pyrrole nitrogens is 1. The van der Waals surface area contributed by atoms with Crippen molar-refractivity contribution in [2.24, 2.45) is 0 Å². The van der Waals surface area contributed by atoms with Crippen LogP contribution in [0.4, 0.5) is 0 Å². The summed E-state index contributed by atoms with van der Waals surface area (Å²) in [4.78, 5) is 26.4. The minimum absolute atomic E-state index is 0.0935. The second kappa shape index (κ2) is 6.20. The Bertz CT molecular complexity index is 896. The van der Waals surface area contributed by atoms with Gasteiger partial charge < -0.3 is 14.5 Å². The molecular weight excluding hydrogens is 314 g/mol. The molecule has 4 rings (SSSR count). The van der Waals surface area contributed by atoms with Crippen molar-refractivity contribution in [3.63, 3.8) is 0 Å². The minimum atomic E-state index is 0.0935. The normalized spacial score (nSPS) is 17.4. The van der Waals surface area contributed by atoms with Crippen LogP contribution in [0.15, 0.2) is 42.9 Å². The van der Waals surface area contributed by atoms with E-state index in [1.807, 2.05) is 49.5 Å². The van der Waals surface area contributed by atoms with E-state index in [0.29, 0.717) is 6.42 Å². The number of aromatic nitrogens is 4. The fourth-order valence-electron chi connectivity index (χ4n) is 3.50. The zero-order valence-electron chi connectivity index (χ0n) is 14.4. The number of aryl methyl sites for hydroxylation is 1. The highest BCUT2D eigenvalue weighted by atomic mass is 16.2. The lowest BCUT2D eigenvalue weighted by atomic mass is 10.1. The maximum atomic E-state index is 12.2. The largest absolute Gasteiger partial charge is 0.341 e. The van der Waals surface area contributed by atoms with E-state index in [4.69, 9.17) is 0 Å². The van der Waals surface area contributed by atoms with Crippen LogP contribution in [0.5, 0.6) is 0 Å². The van der Waals surface area contributed by atoms with E-state index in [1.54, 1.807) is 0 Å².